The Morgan fingerprint density at radius 1 is 1.28 bits per heavy atom. The molecule has 0 saturated heterocycles. The molecule has 4 nitrogen and oxygen atoms in total. The van der Waals surface area contributed by atoms with E-state index in [-0.39, 0.29) is 5.75 Å². The van der Waals surface area contributed by atoms with Crippen LogP contribution >= 0.6 is 31.9 Å². The summed E-state index contributed by atoms with van der Waals surface area (Å²) < 4.78 is 28.9. The second-order valence-electron chi connectivity index (χ2n) is 3.90. The zero-order chi connectivity index (χ0) is 13.8. The Morgan fingerprint density at radius 2 is 1.83 bits per heavy atom. The maximum Gasteiger partial charge on any atom is 0.148 e. The summed E-state index contributed by atoms with van der Waals surface area (Å²) in [6.07, 6.45) is 1.23. The Kier molecular flexibility index (Phi) is 6.10. The first kappa shape index (κ1) is 15.9. The molecule has 1 aromatic rings. The Bertz CT molecular complexity index is 494. The number of hydrogen-bond acceptors (Lipinski definition) is 4. The van der Waals surface area contributed by atoms with Gasteiger partial charge in [0.2, 0.25) is 0 Å². The summed E-state index contributed by atoms with van der Waals surface area (Å²) in [4.78, 5) is 0. The van der Waals surface area contributed by atoms with Crippen molar-refractivity contribution in [2.75, 3.05) is 25.7 Å². The minimum Gasteiger partial charge on any atom is -0.494 e. The molecule has 0 spiro atoms. The first-order valence-electron chi connectivity index (χ1n) is 5.24. The summed E-state index contributed by atoms with van der Waals surface area (Å²) in [5.74, 6) is 0.890. The molecule has 0 aliphatic rings. The van der Waals surface area contributed by atoms with Gasteiger partial charge in [-0.3, -0.25) is 0 Å². The molecular formula is C11H15Br2NO3S. The number of hydrogen-bond donors (Lipinski definition) is 1. The summed E-state index contributed by atoms with van der Waals surface area (Å²) in [6, 6.07) is 3.88. The largest absolute Gasteiger partial charge is 0.494 e. The second-order valence-corrected chi connectivity index (χ2v) is 7.87. The highest BCUT2D eigenvalue weighted by Crippen LogP contribution is 2.34. The number of benzene rings is 1. The molecular weight excluding hydrogens is 386 g/mol. The molecule has 0 fully saturated rings. The maximum absolute atomic E-state index is 11.0. The number of sulfone groups is 1. The minimum absolute atomic E-state index is 0.144. The average molecular weight is 401 g/mol. The number of halogens is 2. The Balaban J connectivity index is 2.59. The van der Waals surface area contributed by atoms with Gasteiger partial charge in [0.1, 0.15) is 15.6 Å². The lowest BCUT2D eigenvalue weighted by Crippen LogP contribution is -2.21. The van der Waals surface area contributed by atoms with Crippen molar-refractivity contribution in [1.82, 2.24) is 5.32 Å². The van der Waals surface area contributed by atoms with E-state index >= 15 is 0 Å². The van der Waals surface area contributed by atoms with Crippen LogP contribution in [0.5, 0.6) is 5.75 Å². The van der Waals surface area contributed by atoms with Gasteiger partial charge in [0.15, 0.2) is 0 Å². The Labute approximate surface area is 124 Å². The minimum atomic E-state index is -2.91. The SMILES string of the molecule is COc1c(Br)cc(CNCCS(C)(=O)=O)cc1Br. The molecule has 1 N–H and O–H groups in total. The topological polar surface area (TPSA) is 55.4 Å². The lowest BCUT2D eigenvalue weighted by Gasteiger charge is -2.10. The van der Waals surface area contributed by atoms with Gasteiger partial charge in [-0.15, -0.1) is 0 Å². The fourth-order valence-corrected chi connectivity index (χ4v) is 3.52. The summed E-state index contributed by atoms with van der Waals surface area (Å²) in [7, 11) is -1.30. The van der Waals surface area contributed by atoms with Crippen LogP contribution in [0, 0.1) is 0 Å². The smallest absolute Gasteiger partial charge is 0.148 e. The van der Waals surface area contributed by atoms with E-state index < -0.39 is 9.84 Å². The quantitative estimate of drug-likeness (QED) is 0.744. The van der Waals surface area contributed by atoms with Crippen molar-refractivity contribution >= 4 is 41.7 Å². The molecule has 0 atom stereocenters. The van der Waals surface area contributed by atoms with E-state index in [0.29, 0.717) is 13.1 Å². The van der Waals surface area contributed by atoms with E-state index in [1.54, 1.807) is 7.11 Å². The van der Waals surface area contributed by atoms with E-state index in [4.69, 9.17) is 4.74 Å². The molecule has 7 heteroatoms. The van der Waals surface area contributed by atoms with Crippen molar-refractivity contribution in [2.45, 2.75) is 6.54 Å². The first-order chi connectivity index (χ1) is 8.33. The third-order valence-corrected chi connectivity index (χ3v) is 4.36. The Morgan fingerprint density at radius 3 is 2.28 bits per heavy atom. The van der Waals surface area contributed by atoms with Gasteiger partial charge in [0.25, 0.3) is 0 Å². The standard InChI is InChI=1S/C11H15Br2NO3S/c1-17-11-9(12)5-8(6-10(11)13)7-14-3-4-18(2,15)16/h5-6,14H,3-4,7H2,1-2H3. The van der Waals surface area contributed by atoms with Gasteiger partial charge in [-0.2, -0.15) is 0 Å². The number of ether oxygens (including phenoxy) is 1. The van der Waals surface area contributed by atoms with Crippen molar-refractivity contribution in [1.29, 1.82) is 0 Å². The molecule has 0 amide bonds. The van der Waals surface area contributed by atoms with Gasteiger partial charge < -0.3 is 10.1 Å². The number of nitrogens with one attached hydrogen (secondary N) is 1. The zero-order valence-electron chi connectivity index (χ0n) is 10.2. The molecule has 0 saturated carbocycles. The highest BCUT2D eigenvalue weighted by Gasteiger charge is 2.08. The molecule has 0 aromatic heterocycles. The third-order valence-electron chi connectivity index (χ3n) is 2.24. The van der Waals surface area contributed by atoms with Crippen LogP contribution in [0.4, 0.5) is 0 Å². The van der Waals surface area contributed by atoms with E-state index in [0.717, 1.165) is 20.3 Å². The van der Waals surface area contributed by atoms with Gasteiger partial charge in [0.05, 0.1) is 21.8 Å². The van der Waals surface area contributed by atoms with Crippen LogP contribution in [0.15, 0.2) is 21.1 Å². The molecule has 0 radical (unpaired) electrons. The predicted octanol–water partition coefficient (Wildman–Crippen LogP) is 2.35. The van der Waals surface area contributed by atoms with Crippen molar-refractivity contribution in [2.24, 2.45) is 0 Å². The lowest BCUT2D eigenvalue weighted by atomic mass is 10.2. The fourth-order valence-electron chi connectivity index (χ4n) is 1.40. The number of rotatable bonds is 6. The molecule has 0 unspecified atom stereocenters. The van der Waals surface area contributed by atoms with E-state index in [9.17, 15) is 8.42 Å². The molecule has 1 rings (SSSR count). The molecule has 1 aromatic carbocycles. The summed E-state index contributed by atoms with van der Waals surface area (Å²) in [5, 5.41) is 3.09. The first-order valence-corrected chi connectivity index (χ1v) is 8.88. The van der Waals surface area contributed by atoms with E-state index in [2.05, 4.69) is 37.2 Å². The van der Waals surface area contributed by atoms with Gasteiger partial charge in [-0.25, -0.2) is 8.42 Å². The fraction of sp³-hybridized carbons (Fsp3) is 0.455. The van der Waals surface area contributed by atoms with Crippen LogP contribution in [0.2, 0.25) is 0 Å². The van der Waals surface area contributed by atoms with Crippen molar-refractivity contribution in [3.8, 4) is 5.75 Å². The van der Waals surface area contributed by atoms with Gasteiger partial charge in [0, 0.05) is 19.3 Å². The predicted molar refractivity (Wildman–Crippen MR) is 79.8 cm³/mol. The van der Waals surface area contributed by atoms with Gasteiger partial charge in [-0.05, 0) is 49.6 Å². The Hall–Kier alpha value is -0.110. The average Bonchev–Trinajstić information content (AvgIpc) is 2.23. The van der Waals surface area contributed by atoms with Crippen LogP contribution in [0.3, 0.4) is 0 Å². The third kappa shape index (κ3) is 5.26. The molecule has 0 aliphatic carbocycles. The molecule has 102 valence electrons. The highest BCUT2D eigenvalue weighted by molar-refractivity contribution is 9.11. The molecule has 0 bridgehead atoms. The molecule has 0 heterocycles. The molecule has 18 heavy (non-hydrogen) atoms. The van der Waals surface area contributed by atoms with Crippen LogP contribution < -0.4 is 10.1 Å². The van der Waals surface area contributed by atoms with E-state index in [1.807, 2.05) is 12.1 Å². The van der Waals surface area contributed by atoms with Gasteiger partial charge in [-0.1, -0.05) is 0 Å². The summed E-state index contributed by atoms with van der Waals surface area (Å²) >= 11 is 6.84. The number of methoxy groups -OCH3 is 1. The van der Waals surface area contributed by atoms with E-state index in [1.165, 1.54) is 6.26 Å². The van der Waals surface area contributed by atoms with Crippen LogP contribution in [-0.4, -0.2) is 34.1 Å². The molecule has 0 aliphatic heterocycles. The highest BCUT2D eigenvalue weighted by atomic mass is 79.9. The van der Waals surface area contributed by atoms with Crippen LogP contribution in [0.1, 0.15) is 5.56 Å². The van der Waals surface area contributed by atoms with Crippen molar-refractivity contribution in [3.05, 3.63) is 26.6 Å². The monoisotopic (exact) mass is 399 g/mol. The maximum atomic E-state index is 11.0. The normalized spacial score (nSPS) is 11.6. The zero-order valence-corrected chi connectivity index (χ0v) is 14.2. The lowest BCUT2D eigenvalue weighted by molar-refractivity contribution is 0.409. The van der Waals surface area contributed by atoms with Gasteiger partial charge >= 0.3 is 0 Å². The van der Waals surface area contributed by atoms with Crippen LogP contribution in [0.25, 0.3) is 0 Å². The van der Waals surface area contributed by atoms with Crippen molar-refractivity contribution < 1.29 is 13.2 Å². The summed E-state index contributed by atoms with van der Waals surface area (Å²) in [5.41, 5.74) is 1.04. The van der Waals surface area contributed by atoms with Crippen molar-refractivity contribution in [3.63, 3.8) is 0 Å². The summed E-state index contributed by atoms with van der Waals surface area (Å²) in [6.45, 7) is 1.05. The second kappa shape index (κ2) is 6.88. The van der Waals surface area contributed by atoms with Crippen LogP contribution in [-0.2, 0) is 16.4 Å².